The summed E-state index contributed by atoms with van der Waals surface area (Å²) in [6.07, 6.45) is 0.306. The first kappa shape index (κ1) is 13.5. The van der Waals surface area contributed by atoms with E-state index >= 15 is 0 Å². The van der Waals surface area contributed by atoms with Gasteiger partial charge in [0, 0.05) is 0 Å². The van der Waals surface area contributed by atoms with E-state index in [1.807, 2.05) is 0 Å². The summed E-state index contributed by atoms with van der Waals surface area (Å²) < 4.78 is 6.14. The number of imidazole rings is 1. The molecule has 1 aromatic rings. The first-order valence-corrected chi connectivity index (χ1v) is 4.77. The van der Waals surface area contributed by atoms with Crippen LogP contribution in [0.25, 0.3) is 0 Å². The van der Waals surface area contributed by atoms with Crippen molar-refractivity contribution in [2.75, 3.05) is 13.2 Å². The van der Waals surface area contributed by atoms with Crippen LogP contribution in [-0.4, -0.2) is 55.2 Å². The summed E-state index contributed by atoms with van der Waals surface area (Å²) in [6.45, 7) is -1.33. The maximum absolute atomic E-state index is 10.5. The molecule has 2 atom stereocenters. The van der Waals surface area contributed by atoms with Crippen molar-refractivity contribution >= 4 is 5.95 Å². The van der Waals surface area contributed by atoms with E-state index in [4.69, 9.17) is 14.9 Å². The van der Waals surface area contributed by atoms with E-state index in [-0.39, 0.29) is 6.73 Å². The lowest BCUT2D eigenvalue weighted by Crippen LogP contribution is -2.35. The van der Waals surface area contributed by atoms with E-state index in [1.165, 1.54) is 12.4 Å². The Balaban J connectivity index is 2.59. The third-order valence-electron chi connectivity index (χ3n) is 2.08. The van der Waals surface area contributed by atoms with E-state index in [0.29, 0.717) is 0 Å². The fourth-order valence-electron chi connectivity index (χ4n) is 1.15. The molecule has 9 nitrogen and oxygen atoms in total. The zero-order valence-electron chi connectivity index (χ0n) is 8.84. The van der Waals surface area contributed by atoms with Gasteiger partial charge < -0.3 is 30.2 Å². The van der Waals surface area contributed by atoms with Gasteiger partial charge in [-0.3, -0.25) is 0 Å². The van der Waals surface area contributed by atoms with Gasteiger partial charge in [0.05, 0.1) is 13.2 Å². The van der Waals surface area contributed by atoms with Gasteiger partial charge in [-0.2, -0.15) is 0 Å². The van der Waals surface area contributed by atoms with Gasteiger partial charge in [-0.1, -0.05) is 4.98 Å². The molecule has 0 amide bonds. The average molecular weight is 247 g/mol. The van der Waals surface area contributed by atoms with Crippen molar-refractivity contribution in [3.05, 3.63) is 22.5 Å². The van der Waals surface area contributed by atoms with Gasteiger partial charge in [0.25, 0.3) is 0 Å². The zero-order valence-corrected chi connectivity index (χ0v) is 8.84. The molecule has 17 heavy (non-hydrogen) atoms. The number of nitro groups is 1. The van der Waals surface area contributed by atoms with E-state index in [1.54, 1.807) is 0 Å². The molecule has 0 aromatic carbocycles. The molecule has 0 unspecified atom stereocenters. The van der Waals surface area contributed by atoms with Gasteiger partial charge in [-0.15, -0.1) is 0 Å². The van der Waals surface area contributed by atoms with Crippen molar-refractivity contribution < 1.29 is 25.0 Å². The number of hydrogen-bond donors (Lipinski definition) is 3. The molecule has 0 fully saturated rings. The van der Waals surface area contributed by atoms with Crippen molar-refractivity contribution in [2.45, 2.75) is 18.9 Å². The summed E-state index contributed by atoms with van der Waals surface area (Å²) in [5, 5.41) is 37.3. The SMILES string of the molecule is O=[N+]([O-])c1nccn1CO[C@H](CO)[C@H](O)CO. The molecular formula is C8H13N3O6. The lowest BCUT2D eigenvalue weighted by molar-refractivity contribution is -0.397. The van der Waals surface area contributed by atoms with Crippen LogP contribution in [0.5, 0.6) is 0 Å². The van der Waals surface area contributed by atoms with Crippen molar-refractivity contribution in [1.29, 1.82) is 0 Å². The van der Waals surface area contributed by atoms with E-state index in [2.05, 4.69) is 4.98 Å². The van der Waals surface area contributed by atoms with Crippen molar-refractivity contribution in [2.24, 2.45) is 0 Å². The number of aliphatic hydroxyl groups is 3. The lowest BCUT2D eigenvalue weighted by Gasteiger charge is -2.18. The van der Waals surface area contributed by atoms with Crippen LogP contribution in [0.2, 0.25) is 0 Å². The maximum Gasteiger partial charge on any atom is 0.436 e. The number of aromatic nitrogens is 2. The first-order chi connectivity index (χ1) is 8.10. The number of rotatable bonds is 7. The van der Waals surface area contributed by atoms with Crippen LogP contribution in [0.1, 0.15) is 0 Å². The monoisotopic (exact) mass is 247 g/mol. The van der Waals surface area contributed by atoms with Crippen LogP contribution in [-0.2, 0) is 11.5 Å². The van der Waals surface area contributed by atoms with Gasteiger partial charge >= 0.3 is 5.95 Å². The summed E-state index contributed by atoms with van der Waals surface area (Å²) in [4.78, 5) is 13.3. The Morgan fingerprint density at radius 1 is 1.53 bits per heavy atom. The third-order valence-corrected chi connectivity index (χ3v) is 2.08. The highest BCUT2D eigenvalue weighted by Gasteiger charge is 2.21. The van der Waals surface area contributed by atoms with Gasteiger partial charge in [0.1, 0.15) is 24.6 Å². The average Bonchev–Trinajstić information content (AvgIpc) is 2.77. The molecule has 0 radical (unpaired) electrons. The summed E-state index contributed by atoms with van der Waals surface area (Å²) in [6, 6.07) is 0. The Hall–Kier alpha value is -1.55. The minimum absolute atomic E-state index is 0.251. The second-order valence-corrected chi connectivity index (χ2v) is 3.22. The van der Waals surface area contributed by atoms with Crippen LogP contribution in [0.4, 0.5) is 5.95 Å². The van der Waals surface area contributed by atoms with Crippen LogP contribution < -0.4 is 0 Å². The zero-order chi connectivity index (χ0) is 12.8. The molecule has 96 valence electrons. The minimum Gasteiger partial charge on any atom is -0.394 e. The van der Waals surface area contributed by atoms with Gasteiger partial charge in [0.15, 0.2) is 6.73 Å². The molecule has 0 aliphatic carbocycles. The molecule has 0 aliphatic heterocycles. The standard InChI is InChI=1S/C8H13N3O6/c12-3-6(14)7(4-13)17-5-10-2-1-9-8(10)11(15)16/h1-2,6-7,12-14H,3-5H2/t6-,7-/m1/s1. The fraction of sp³-hybridized carbons (Fsp3) is 0.625. The quantitative estimate of drug-likeness (QED) is 0.394. The number of ether oxygens (including phenoxy) is 1. The van der Waals surface area contributed by atoms with Crippen LogP contribution in [0.3, 0.4) is 0 Å². The number of hydrogen-bond acceptors (Lipinski definition) is 7. The predicted molar refractivity (Wildman–Crippen MR) is 53.9 cm³/mol. The Kier molecular flexibility index (Phi) is 4.97. The second-order valence-electron chi connectivity index (χ2n) is 3.22. The Morgan fingerprint density at radius 2 is 2.24 bits per heavy atom. The van der Waals surface area contributed by atoms with Crippen molar-refractivity contribution in [3.63, 3.8) is 0 Å². The fourth-order valence-corrected chi connectivity index (χ4v) is 1.15. The molecule has 0 saturated carbocycles. The Labute approximate surface area is 96.0 Å². The summed E-state index contributed by atoms with van der Waals surface area (Å²) in [5.74, 6) is -0.403. The highest BCUT2D eigenvalue weighted by molar-refractivity contribution is 5.05. The highest BCUT2D eigenvalue weighted by atomic mass is 16.6. The van der Waals surface area contributed by atoms with Gasteiger partial charge in [0.2, 0.25) is 0 Å². The number of aliphatic hydroxyl groups excluding tert-OH is 3. The van der Waals surface area contributed by atoms with Gasteiger partial charge in [-0.25, -0.2) is 4.57 Å². The predicted octanol–water partition coefficient (Wildman–Crippen LogP) is -1.52. The molecule has 0 saturated heterocycles. The largest absolute Gasteiger partial charge is 0.436 e. The molecule has 1 aromatic heterocycles. The van der Waals surface area contributed by atoms with Crippen LogP contribution in [0.15, 0.2) is 12.4 Å². The summed E-state index contributed by atoms with van der Waals surface area (Å²) in [5.41, 5.74) is 0. The molecular weight excluding hydrogens is 234 g/mol. The summed E-state index contributed by atoms with van der Waals surface area (Å²) >= 11 is 0. The first-order valence-electron chi connectivity index (χ1n) is 4.77. The topological polar surface area (TPSA) is 131 Å². The molecule has 0 aliphatic rings. The van der Waals surface area contributed by atoms with E-state index < -0.39 is 36.3 Å². The van der Waals surface area contributed by atoms with E-state index in [9.17, 15) is 15.2 Å². The summed E-state index contributed by atoms with van der Waals surface area (Å²) in [7, 11) is 0. The smallest absolute Gasteiger partial charge is 0.394 e. The van der Waals surface area contributed by atoms with Crippen LogP contribution in [0, 0.1) is 10.1 Å². The van der Waals surface area contributed by atoms with Crippen molar-refractivity contribution in [3.8, 4) is 0 Å². The Bertz CT molecular complexity index is 368. The Morgan fingerprint density at radius 3 is 2.76 bits per heavy atom. The molecule has 1 rings (SSSR count). The molecule has 3 N–H and O–H groups in total. The van der Waals surface area contributed by atoms with E-state index in [0.717, 1.165) is 4.57 Å². The third kappa shape index (κ3) is 3.46. The van der Waals surface area contributed by atoms with Crippen molar-refractivity contribution in [1.82, 2.24) is 9.55 Å². The molecule has 0 spiro atoms. The second kappa shape index (κ2) is 6.25. The van der Waals surface area contributed by atoms with Gasteiger partial charge in [-0.05, 0) is 4.92 Å². The molecule has 1 heterocycles. The lowest BCUT2D eigenvalue weighted by atomic mass is 10.2. The normalized spacial score (nSPS) is 14.5. The molecule has 9 heteroatoms. The minimum atomic E-state index is -1.25. The van der Waals surface area contributed by atoms with Crippen LogP contribution >= 0.6 is 0 Å². The maximum atomic E-state index is 10.5. The highest BCUT2D eigenvalue weighted by Crippen LogP contribution is 2.09. The number of nitrogens with zero attached hydrogens (tertiary/aromatic N) is 3. The molecule has 0 bridgehead atoms.